The van der Waals surface area contributed by atoms with E-state index in [1.807, 2.05) is 0 Å². The number of aromatic amines is 1. The van der Waals surface area contributed by atoms with E-state index >= 15 is 0 Å². The highest BCUT2D eigenvalue weighted by Gasteiger charge is 2.39. The van der Waals surface area contributed by atoms with Gasteiger partial charge in [0.1, 0.15) is 78.5 Å². The number of hydrogen-bond donors (Lipinski definition) is 25. The number of imidazole rings is 1. The Labute approximate surface area is 628 Å². The number of aliphatic carboxylic acids is 2. The van der Waals surface area contributed by atoms with Crippen LogP contribution in [0, 0.1) is 23.7 Å². The Morgan fingerprint density at radius 1 is 0.472 bits per heavy atom. The molecular weight excluding hydrogens is 1460 g/mol. The van der Waals surface area contributed by atoms with Gasteiger partial charge in [-0.05, 0) is 63.2 Å². The maximum Gasteiger partial charge on any atom is 0.326 e. The van der Waals surface area contributed by atoms with Crippen molar-refractivity contribution in [2.24, 2.45) is 35.1 Å². The largest absolute Gasteiger partial charge is 0.481 e. The summed E-state index contributed by atoms with van der Waals surface area (Å²) in [5.41, 5.74) is 11.6. The van der Waals surface area contributed by atoms with Crippen molar-refractivity contribution in [3.63, 3.8) is 0 Å². The number of primary amides is 1. The van der Waals surface area contributed by atoms with E-state index in [0.29, 0.717) is 0 Å². The summed E-state index contributed by atoms with van der Waals surface area (Å²) in [6, 6.07) is -21.8. The molecule has 0 spiro atoms. The van der Waals surface area contributed by atoms with Crippen LogP contribution in [0.4, 0.5) is 0 Å². The van der Waals surface area contributed by atoms with E-state index in [0.717, 1.165) is 13.8 Å². The zero-order chi connectivity index (χ0) is 81.0. The zero-order valence-corrected chi connectivity index (χ0v) is 63.3. The number of aliphatic hydroxyl groups is 3. The van der Waals surface area contributed by atoms with Gasteiger partial charge in [-0.3, -0.25) is 76.7 Å². The van der Waals surface area contributed by atoms with Crippen LogP contribution in [0.5, 0.6) is 0 Å². The molecule has 1 rings (SSSR count). The fourth-order valence-corrected chi connectivity index (χ4v) is 10.5. The average Bonchev–Trinajstić information content (AvgIpc) is 0.913. The first-order chi connectivity index (χ1) is 49.6. The summed E-state index contributed by atoms with van der Waals surface area (Å²) >= 11 is 12.4. The number of hydrogen-bond acceptors (Lipinski definition) is 25. The summed E-state index contributed by atoms with van der Waals surface area (Å²) in [4.78, 5) is 232. The number of H-pyrrole nitrogens is 1. The Hall–Kier alpha value is -8.91. The molecule has 24 N–H and O–H groups in total. The lowest BCUT2D eigenvalue weighted by Crippen LogP contribution is -2.62. The molecule has 1 aromatic heterocycles. The number of carbonyl (C=O) groups is 17. The molecule has 0 saturated carbocycles. The van der Waals surface area contributed by atoms with Crippen molar-refractivity contribution in [2.45, 2.75) is 211 Å². The second kappa shape index (κ2) is 48.3. The number of nitrogens with one attached hydrogen (secondary N) is 15. The molecule has 0 aromatic carbocycles. The van der Waals surface area contributed by atoms with E-state index in [1.165, 1.54) is 19.4 Å². The molecule has 0 radical (unpaired) electrons. The van der Waals surface area contributed by atoms with Crippen LogP contribution in [0.15, 0.2) is 12.5 Å². The highest BCUT2D eigenvalue weighted by atomic mass is 32.1. The van der Waals surface area contributed by atoms with Crippen molar-refractivity contribution >= 4 is 138 Å². The molecule has 0 aliphatic rings. The zero-order valence-electron chi connectivity index (χ0n) is 60.6. The van der Waals surface area contributed by atoms with Crippen LogP contribution in [0.3, 0.4) is 0 Å². The Bertz CT molecular complexity index is 3170. The fraction of sp³-hybridized carbons (Fsp3) is 0.683. The molecule has 0 fully saturated rings. The third-order valence-electron chi connectivity index (χ3n) is 15.8. The average molecular weight is 1560 g/mol. The van der Waals surface area contributed by atoms with Gasteiger partial charge in [-0.15, -0.1) is 0 Å². The van der Waals surface area contributed by atoms with Gasteiger partial charge in [-0.1, -0.05) is 61.8 Å². The Morgan fingerprint density at radius 2 is 0.877 bits per heavy atom. The predicted octanol–water partition coefficient (Wildman–Crippen LogP) is -8.12. The predicted molar refractivity (Wildman–Crippen MR) is 388 cm³/mol. The smallest absolute Gasteiger partial charge is 0.326 e. The van der Waals surface area contributed by atoms with Crippen LogP contribution < -0.4 is 85.9 Å². The molecule has 43 heteroatoms. The van der Waals surface area contributed by atoms with Crippen LogP contribution in [-0.2, 0) is 87.9 Å². The quantitative estimate of drug-likeness (QED) is 0.0269. The van der Waals surface area contributed by atoms with Gasteiger partial charge in [0, 0.05) is 42.0 Å². The lowest BCUT2D eigenvalue weighted by molar-refractivity contribution is -0.142. The molecule has 0 saturated heterocycles. The molecule has 1 aromatic rings. The third kappa shape index (κ3) is 34.6. The van der Waals surface area contributed by atoms with Crippen molar-refractivity contribution < 1.29 is 107 Å². The van der Waals surface area contributed by atoms with Gasteiger partial charge in [0.25, 0.3) is 0 Å². The van der Waals surface area contributed by atoms with E-state index in [4.69, 9.17) is 11.5 Å². The molecular formula is C63H106N18O22S3. The molecule has 40 nitrogen and oxygen atoms in total. The number of nitrogens with two attached hydrogens (primary N) is 2. The number of carboxylic acid groups (broad SMARTS) is 2. The number of rotatable bonds is 50. The van der Waals surface area contributed by atoms with E-state index in [-0.39, 0.29) is 61.3 Å². The molecule has 0 aliphatic heterocycles. The van der Waals surface area contributed by atoms with Crippen LogP contribution in [0.1, 0.15) is 120 Å². The number of amides is 15. The lowest BCUT2D eigenvalue weighted by atomic mass is 9.97. The van der Waals surface area contributed by atoms with E-state index < -0.39 is 248 Å². The standard InChI is InChI=1S/C63H106N18O22S3/c1-11-30(8)48(81-62(101)49(32(10)84)80-46(86)20-67-52(91)40(21-82)75-60(99)44(25-106)77-53(92)35(12-13-47(87)88)70-51(90)34(64)14-27(2)3)61(100)76-41(22-83)57(96)69-31(9)50(89)71-37(17-33-19-66-26-68-33)55(94)79-42(23-104)58(97)73-38(18-45(65)85)56(95)72-36(15-28(4)5)54(93)78-43(24-105)59(98)74-39(63(102)103)16-29(6)7/h19,26-32,34-44,48-49,82-84,104-106H,11-18,20-25,64H2,1-10H3,(H2,65,85)(H,66,68)(H,67,91)(H,69,96)(H,70,90)(H,71,89)(H,72,95)(H,73,97)(H,74,98)(H,75,99)(H,76,100)(H,77,92)(H,78,93)(H,79,94)(H,80,86)(H,81,101)(H,87,88)(H,102,103)/t30-,31-,32+,34-,35-,36-,37-,38-,39-,40-,41-,42-,43-,44-,48-,49-/m0/s1. The summed E-state index contributed by atoms with van der Waals surface area (Å²) in [7, 11) is 0. The first-order valence-electron chi connectivity index (χ1n) is 34.0. The molecule has 16 atom stereocenters. The second-order valence-corrected chi connectivity index (χ2v) is 27.4. The summed E-state index contributed by atoms with van der Waals surface area (Å²) in [5, 5.41) is 82.5. The number of aromatic nitrogens is 2. The number of nitrogens with zero attached hydrogens (tertiary/aromatic N) is 1. The molecule has 0 unspecified atom stereocenters. The maximum absolute atomic E-state index is 14.1. The molecule has 15 amide bonds. The SMILES string of the molecule is CC[C@H](C)[C@H](NC(=O)[C@@H](NC(=O)CNC(=O)[C@H](CO)NC(=O)[C@H](CS)NC(=O)[C@H](CCC(=O)O)NC(=O)[C@@H](N)CC(C)C)[C@@H](C)O)C(=O)N[C@@H](CO)C(=O)N[C@@H](C)C(=O)N[C@@H](Cc1cnc[nH]1)C(=O)N[C@@H](CS)C(=O)N[C@@H](CC(N)=O)C(=O)N[C@@H](CC(C)C)C(=O)N[C@@H](CS)C(=O)N[C@@H](CC(C)C)C(=O)O. The van der Waals surface area contributed by atoms with E-state index in [1.54, 1.807) is 48.5 Å². The van der Waals surface area contributed by atoms with Crippen molar-refractivity contribution in [2.75, 3.05) is 37.0 Å². The van der Waals surface area contributed by atoms with Crippen LogP contribution in [-0.4, -0.2) is 264 Å². The summed E-state index contributed by atoms with van der Waals surface area (Å²) < 4.78 is 0. The van der Waals surface area contributed by atoms with Crippen molar-refractivity contribution in [3.05, 3.63) is 18.2 Å². The van der Waals surface area contributed by atoms with Crippen LogP contribution in [0.2, 0.25) is 0 Å². The van der Waals surface area contributed by atoms with Gasteiger partial charge in [0.2, 0.25) is 88.6 Å². The minimum absolute atomic E-state index is 0.0138. The Morgan fingerprint density at radius 3 is 1.33 bits per heavy atom. The Balaban J connectivity index is 3.24. The second-order valence-electron chi connectivity index (χ2n) is 26.3. The fourth-order valence-electron chi connectivity index (χ4n) is 9.74. The van der Waals surface area contributed by atoms with Crippen LogP contribution in [0.25, 0.3) is 0 Å². The number of thiol groups is 3. The van der Waals surface area contributed by atoms with Gasteiger partial charge in [0.05, 0.1) is 44.7 Å². The summed E-state index contributed by atoms with van der Waals surface area (Å²) in [5.74, 6) is -20.8. The molecule has 0 bridgehead atoms. The normalized spacial score (nSPS) is 15.8. The van der Waals surface area contributed by atoms with Crippen molar-refractivity contribution in [1.82, 2.24) is 84.4 Å². The third-order valence-corrected chi connectivity index (χ3v) is 16.9. The summed E-state index contributed by atoms with van der Waals surface area (Å²) in [6.07, 6.45) is -0.899. The van der Waals surface area contributed by atoms with Gasteiger partial charge < -0.3 is 116 Å². The number of aliphatic hydroxyl groups excluding tert-OH is 3. The minimum atomic E-state index is -1.85. The highest BCUT2D eigenvalue weighted by Crippen LogP contribution is 2.13. The summed E-state index contributed by atoms with van der Waals surface area (Å²) in [6.45, 7) is 12.7. The first-order valence-corrected chi connectivity index (χ1v) is 35.9. The lowest BCUT2D eigenvalue weighted by Gasteiger charge is -2.29. The number of carboxylic acids is 2. The molecule has 1 heterocycles. The highest BCUT2D eigenvalue weighted by molar-refractivity contribution is 7.80. The molecule has 106 heavy (non-hydrogen) atoms. The monoisotopic (exact) mass is 1560 g/mol. The maximum atomic E-state index is 14.1. The van der Waals surface area contributed by atoms with Gasteiger partial charge in [-0.2, -0.15) is 37.9 Å². The first kappa shape index (κ1) is 95.1. The molecule has 0 aliphatic carbocycles. The van der Waals surface area contributed by atoms with E-state index in [9.17, 15) is 107 Å². The topological polar surface area (TPSA) is 640 Å². The Kier molecular flexibility index (Phi) is 43.4. The van der Waals surface area contributed by atoms with Crippen molar-refractivity contribution in [1.29, 1.82) is 0 Å². The van der Waals surface area contributed by atoms with Gasteiger partial charge in [0.15, 0.2) is 0 Å². The molecule has 598 valence electrons. The van der Waals surface area contributed by atoms with Crippen LogP contribution >= 0.6 is 37.9 Å². The number of carbonyl (C=O) groups excluding carboxylic acids is 15. The van der Waals surface area contributed by atoms with Gasteiger partial charge in [-0.25, -0.2) is 9.78 Å². The van der Waals surface area contributed by atoms with E-state index in [2.05, 4.69) is 122 Å². The van der Waals surface area contributed by atoms with Crippen molar-refractivity contribution in [3.8, 4) is 0 Å². The van der Waals surface area contributed by atoms with Gasteiger partial charge >= 0.3 is 11.9 Å². The minimum Gasteiger partial charge on any atom is -0.481 e.